The van der Waals surface area contributed by atoms with Crippen LogP contribution in [0.4, 0.5) is 0 Å². The summed E-state index contributed by atoms with van der Waals surface area (Å²) in [5.74, 6) is 0.775. The molecule has 0 amide bonds. The fourth-order valence-electron chi connectivity index (χ4n) is 3.04. The Labute approximate surface area is 105 Å². The van der Waals surface area contributed by atoms with Gasteiger partial charge in [0.25, 0.3) is 0 Å². The fourth-order valence-corrected chi connectivity index (χ4v) is 3.04. The Balaban J connectivity index is 1.94. The number of hydrogen-bond donors (Lipinski definition) is 1. The minimum absolute atomic E-state index is 0.0562. The molecule has 1 heterocycles. The Bertz CT molecular complexity index is 236. The molecular formula is C14H27NO2. The highest BCUT2D eigenvalue weighted by molar-refractivity contribution is 4.94. The van der Waals surface area contributed by atoms with Crippen molar-refractivity contribution < 1.29 is 9.84 Å². The highest BCUT2D eigenvalue weighted by Gasteiger charge is 2.39. The second kappa shape index (κ2) is 5.68. The van der Waals surface area contributed by atoms with E-state index in [1.807, 2.05) is 0 Å². The lowest BCUT2D eigenvalue weighted by Gasteiger charge is -2.47. The maximum absolute atomic E-state index is 10.6. The van der Waals surface area contributed by atoms with Crippen molar-refractivity contribution in [3.8, 4) is 0 Å². The zero-order valence-corrected chi connectivity index (χ0v) is 11.3. The molecule has 2 atom stereocenters. The van der Waals surface area contributed by atoms with Gasteiger partial charge in [0.2, 0.25) is 0 Å². The van der Waals surface area contributed by atoms with Crippen LogP contribution in [0.3, 0.4) is 0 Å². The number of morpholine rings is 1. The molecule has 2 aliphatic rings. The van der Waals surface area contributed by atoms with Gasteiger partial charge in [0.05, 0.1) is 19.3 Å². The van der Waals surface area contributed by atoms with Gasteiger partial charge >= 0.3 is 0 Å². The first-order valence-electron chi connectivity index (χ1n) is 7.17. The Morgan fingerprint density at radius 3 is 2.47 bits per heavy atom. The highest BCUT2D eigenvalue weighted by atomic mass is 16.5. The number of aliphatic hydroxyl groups excluding tert-OH is 1. The molecule has 0 aromatic rings. The van der Waals surface area contributed by atoms with Crippen LogP contribution >= 0.6 is 0 Å². The molecule has 2 rings (SSSR count). The van der Waals surface area contributed by atoms with Crippen LogP contribution in [-0.2, 0) is 4.74 Å². The Hall–Kier alpha value is -0.120. The topological polar surface area (TPSA) is 32.7 Å². The molecule has 1 N–H and O–H groups in total. The van der Waals surface area contributed by atoms with E-state index in [0.29, 0.717) is 0 Å². The quantitative estimate of drug-likeness (QED) is 0.799. The summed E-state index contributed by atoms with van der Waals surface area (Å²) in [6.07, 6.45) is 5.82. The van der Waals surface area contributed by atoms with Gasteiger partial charge in [0, 0.05) is 18.6 Å². The van der Waals surface area contributed by atoms with Crippen molar-refractivity contribution in [3.05, 3.63) is 0 Å². The van der Waals surface area contributed by atoms with Gasteiger partial charge in [-0.3, -0.25) is 4.90 Å². The molecule has 1 saturated carbocycles. The Kier molecular flexibility index (Phi) is 4.45. The van der Waals surface area contributed by atoms with Crippen LogP contribution in [0.25, 0.3) is 0 Å². The SMILES string of the molecule is CCC(C)(C(O)CC1CCC1)N1CCOCC1. The smallest absolute Gasteiger partial charge is 0.0723 e. The zero-order valence-electron chi connectivity index (χ0n) is 11.3. The second-order valence-corrected chi connectivity index (χ2v) is 5.86. The van der Waals surface area contributed by atoms with Gasteiger partial charge in [-0.15, -0.1) is 0 Å². The normalized spacial score (nSPS) is 28.4. The van der Waals surface area contributed by atoms with Crippen LogP contribution in [0.5, 0.6) is 0 Å². The van der Waals surface area contributed by atoms with E-state index in [1.54, 1.807) is 0 Å². The first kappa shape index (κ1) is 13.3. The van der Waals surface area contributed by atoms with E-state index in [4.69, 9.17) is 4.74 Å². The first-order chi connectivity index (χ1) is 8.16. The van der Waals surface area contributed by atoms with E-state index >= 15 is 0 Å². The number of hydrogen-bond acceptors (Lipinski definition) is 3. The van der Waals surface area contributed by atoms with Crippen LogP contribution in [0.2, 0.25) is 0 Å². The summed E-state index contributed by atoms with van der Waals surface area (Å²) in [6, 6.07) is 0. The average Bonchev–Trinajstić information content (AvgIpc) is 2.33. The third-order valence-electron chi connectivity index (χ3n) is 4.95. The number of ether oxygens (including phenoxy) is 1. The molecule has 17 heavy (non-hydrogen) atoms. The van der Waals surface area contributed by atoms with Crippen LogP contribution < -0.4 is 0 Å². The molecule has 3 nitrogen and oxygen atoms in total. The summed E-state index contributed by atoms with van der Waals surface area (Å²) in [7, 11) is 0. The summed E-state index contributed by atoms with van der Waals surface area (Å²) in [4.78, 5) is 2.43. The average molecular weight is 241 g/mol. The maximum atomic E-state index is 10.6. The highest BCUT2D eigenvalue weighted by Crippen LogP contribution is 2.35. The fraction of sp³-hybridized carbons (Fsp3) is 1.00. The van der Waals surface area contributed by atoms with Gasteiger partial charge in [0.15, 0.2) is 0 Å². The van der Waals surface area contributed by atoms with E-state index in [2.05, 4.69) is 18.7 Å². The predicted molar refractivity (Wildman–Crippen MR) is 69.1 cm³/mol. The summed E-state index contributed by atoms with van der Waals surface area (Å²) in [6.45, 7) is 7.97. The molecule has 1 aliphatic heterocycles. The van der Waals surface area contributed by atoms with E-state index in [-0.39, 0.29) is 11.6 Å². The minimum Gasteiger partial charge on any atom is -0.391 e. The van der Waals surface area contributed by atoms with Gasteiger partial charge in [0.1, 0.15) is 0 Å². The Morgan fingerprint density at radius 1 is 1.35 bits per heavy atom. The van der Waals surface area contributed by atoms with Crippen LogP contribution in [0, 0.1) is 5.92 Å². The minimum atomic E-state index is -0.184. The van der Waals surface area contributed by atoms with Gasteiger partial charge in [-0.2, -0.15) is 0 Å². The largest absolute Gasteiger partial charge is 0.391 e. The lowest BCUT2D eigenvalue weighted by Crippen LogP contribution is -2.58. The van der Waals surface area contributed by atoms with Crippen LogP contribution in [0.15, 0.2) is 0 Å². The summed E-state index contributed by atoms with van der Waals surface area (Å²) in [5.41, 5.74) is -0.0562. The van der Waals surface area contributed by atoms with Crippen molar-refractivity contribution in [2.24, 2.45) is 5.92 Å². The van der Waals surface area contributed by atoms with Crippen molar-refractivity contribution >= 4 is 0 Å². The molecular weight excluding hydrogens is 214 g/mol. The number of rotatable bonds is 5. The predicted octanol–water partition coefficient (Wildman–Crippen LogP) is 2.04. The Morgan fingerprint density at radius 2 is 2.00 bits per heavy atom. The third kappa shape index (κ3) is 2.83. The standard InChI is InChI=1S/C14H27NO2/c1-3-14(2,15-7-9-17-10-8-15)13(16)11-12-5-4-6-12/h12-13,16H,3-11H2,1-2H3. The molecule has 2 fully saturated rings. The number of nitrogens with zero attached hydrogens (tertiary/aromatic N) is 1. The summed E-state index contributed by atoms with van der Waals surface area (Å²) in [5, 5.41) is 10.6. The van der Waals surface area contributed by atoms with Crippen LogP contribution in [0.1, 0.15) is 46.0 Å². The molecule has 1 aliphatic carbocycles. The van der Waals surface area contributed by atoms with Gasteiger partial charge < -0.3 is 9.84 Å². The van der Waals surface area contributed by atoms with Crippen molar-refractivity contribution in [2.45, 2.75) is 57.6 Å². The van der Waals surface area contributed by atoms with Crippen molar-refractivity contribution in [1.29, 1.82) is 0 Å². The van der Waals surface area contributed by atoms with E-state index < -0.39 is 0 Å². The second-order valence-electron chi connectivity index (χ2n) is 5.86. The lowest BCUT2D eigenvalue weighted by molar-refractivity contribution is -0.0808. The molecule has 0 bridgehead atoms. The molecule has 3 heteroatoms. The molecule has 2 unspecified atom stereocenters. The molecule has 0 aromatic carbocycles. The van der Waals surface area contributed by atoms with Crippen molar-refractivity contribution in [2.75, 3.05) is 26.3 Å². The molecule has 0 aromatic heterocycles. The van der Waals surface area contributed by atoms with Crippen molar-refractivity contribution in [1.82, 2.24) is 4.90 Å². The first-order valence-corrected chi connectivity index (χ1v) is 7.17. The molecule has 0 radical (unpaired) electrons. The number of aliphatic hydroxyl groups is 1. The van der Waals surface area contributed by atoms with E-state index in [1.165, 1.54) is 19.3 Å². The van der Waals surface area contributed by atoms with E-state index in [9.17, 15) is 5.11 Å². The van der Waals surface area contributed by atoms with Crippen LogP contribution in [-0.4, -0.2) is 48.0 Å². The van der Waals surface area contributed by atoms with Gasteiger partial charge in [-0.1, -0.05) is 26.2 Å². The summed E-state index contributed by atoms with van der Waals surface area (Å²) >= 11 is 0. The molecule has 0 spiro atoms. The van der Waals surface area contributed by atoms with Gasteiger partial charge in [-0.05, 0) is 25.7 Å². The van der Waals surface area contributed by atoms with Gasteiger partial charge in [-0.25, -0.2) is 0 Å². The summed E-state index contributed by atoms with van der Waals surface area (Å²) < 4.78 is 5.41. The van der Waals surface area contributed by atoms with Crippen molar-refractivity contribution in [3.63, 3.8) is 0 Å². The van der Waals surface area contributed by atoms with E-state index in [0.717, 1.165) is 45.1 Å². The molecule has 100 valence electrons. The molecule has 1 saturated heterocycles. The zero-order chi connectivity index (χ0) is 12.3. The lowest BCUT2D eigenvalue weighted by atomic mass is 9.76. The monoisotopic (exact) mass is 241 g/mol. The third-order valence-corrected chi connectivity index (χ3v) is 4.95. The maximum Gasteiger partial charge on any atom is 0.0723 e.